The average Bonchev–Trinajstić information content (AvgIpc) is 2.38. The van der Waals surface area contributed by atoms with Crippen LogP contribution in [0, 0.1) is 27.9 Å². The first-order valence-electron chi connectivity index (χ1n) is 7.49. The highest BCUT2D eigenvalue weighted by Gasteiger charge is 2.31. The normalized spacial score (nSPS) is 26.5. The predicted octanol–water partition coefficient (Wildman–Crippen LogP) is 4.47. The third-order valence-corrected chi connectivity index (χ3v) is 4.46. The minimum absolute atomic E-state index is 0.174. The molecule has 0 amide bonds. The summed E-state index contributed by atoms with van der Waals surface area (Å²) >= 11 is 0. The molecular weight excluding hydrogens is 252 g/mol. The Hall–Kier alpha value is -1.58. The third kappa shape index (κ3) is 3.30. The number of hydrogen-bond acceptors (Lipinski definition) is 3. The number of nitrogens with zero attached hydrogens (tertiary/aromatic N) is 1. The van der Waals surface area contributed by atoms with Gasteiger partial charge in [0.05, 0.1) is 4.92 Å². The lowest BCUT2D eigenvalue weighted by molar-refractivity contribution is -0.384. The number of nitro groups is 1. The van der Waals surface area contributed by atoms with Crippen LogP contribution < -0.4 is 5.32 Å². The van der Waals surface area contributed by atoms with Crippen LogP contribution in [0.4, 0.5) is 11.4 Å². The fourth-order valence-corrected chi connectivity index (χ4v) is 3.32. The van der Waals surface area contributed by atoms with Crippen molar-refractivity contribution < 1.29 is 4.92 Å². The molecule has 0 heterocycles. The van der Waals surface area contributed by atoms with Crippen LogP contribution in [0.5, 0.6) is 0 Å². The number of hydrogen-bond donors (Lipinski definition) is 1. The molecule has 110 valence electrons. The quantitative estimate of drug-likeness (QED) is 0.652. The van der Waals surface area contributed by atoms with Crippen LogP contribution in [0.1, 0.15) is 40.0 Å². The fourth-order valence-electron chi connectivity index (χ4n) is 3.32. The Morgan fingerprint density at radius 3 is 2.65 bits per heavy atom. The van der Waals surface area contributed by atoms with Crippen molar-refractivity contribution in [3.8, 4) is 0 Å². The fraction of sp³-hybridized carbons (Fsp3) is 0.625. The van der Waals surface area contributed by atoms with Crippen LogP contribution in [-0.2, 0) is 0 Å². The molecule has 0 spiro atoms. The zero-order chi connectivity index (χ0) is 14.7. The lowest BCUT2D eigenvalue weighted by atomic mass is 9.74. The van der Waals surface area contributed by atoms with Gasteiger partial charge >= 0.3 is 0 Å². The first-order valence-corrected chi connectivity index (χ1v) is 7.49. The molecule has 1 aliphatic rings. The predicted molar refractivity (Wildman–Crippen MR) is 81.9 cm³/mol. The van der Waals surface area contributed by atoms with E-state index in [1.807, 2.05) is 12.1 Å². The zero-order valence-corrected chi connectivity index (χ0v) is 12.5. The Bertz CT molecular complexity index is 473. The molecule has 3 atom stereocenters. The van der Waals surface area contributed by atoms with E-state index < -0.39 is 0 Å². The maximum atomic E-state index is 11.1. The largest absolute Gasteiger partial charge is 0.376 e. The Balaban J connectivity index is 2.20. The van der Waals surface area contributed by atoms with E-state index in [0.717, 1.165) is 6.42 Å². The van der Waals surface area contributed by atoms with E-state index in [9.17, 15) is 10.1 Å². The van der Waals surface area contributed by atoms with Crippen molar-refractivity contribution >= 4 is 11.4 Å². The Labute approximate surface area is 120 Å². The van der Waals surface area contributed by atoms with Gasteiger partial charge in [-0.2, -0.15) is 0 Å². The molecule has 1 fully saturated rings. The van der Waals surface area contributed by atoms with Gasteiger partial charge in [0, 0.05) is 12.1 Å². The maximum absolute atomic E-state index is 11.1. The van der Waals surface area contributed by atoms with Gasteiger partial charge in [0.25, 0.3) is 5.69 Å². The Morgan fingerprint density at radius 2 is 2.00 bits per heavy atom. The Morgan fingerprint density at radius 1 is 1.30 bits per heavy atom. The van der Waals surface area contributed by atoms with Crippen molar-refractivity contribution in [1.82, 2.24) is 0 Å². The molecule has 2 rings (SSSR count). The molecule has 0 aromatic heterocycles. The van der Waals surface area contributed by atoms with E-state index in [2.05, 4.69) is 26.1 Å². The minimum Gasteiger partial charge on any atom is -0.376 e. The van der Waals surface area contributed by atoms with Gasteiger partial charge in [-0.25, -0.2) is 0 Å². The summed E-state index contributed by atoms with van der Waals surface area (Å²) in [6.45, 7) is 6.76. The number of para-hydroxylation sites is 2. The van der Waals surface area contributed by atoms with Crippen molar-refractivity contribution in [3.63, 3.8) is 0 Å². The summed E-state index contributed by atoms with van der Waals surface area (Å²) in [4.78, 5) is 10.8. The molecule has 1 aromatic carbocycles. The molecule has 4 heteroatoms. The van der Waals surface area contributed by atoms with Gasteiger partial charge in [0.15, 0.2) is 0 Å². The third-order valence-electron chi connectivity index (χ3n) is 4.46. The van der Waals surface area contributed by atoms with Crippen LogP contribution in [-0.4, -0.2) is 11.0 Å². The van der Waals surface area contributed by atoms with Gasteiger partial charge in [-0.15, -0.1) is 0 Å². The molecule has 20 heavy (non-hydrogen) atoms. The highest BCUT2D eigenvalue weighted by atomic mass is 16.6. The summed E-state index contributed by atoms with van der Waals surface area (Å²) in [5, 5.41) is 14.6. The maximum Gasteiger partial charge on any atom is 0.292 e. The summed E-state index contributed by atoms with van der Waals surface area (Å²) in [5.41, 5.74) is 0.829. The highest BCUT2D eigenvalue weighted by molar-refractivity contribution is 5.61. The molecule has 1 aromatic rings. The van der Waals surface area contributed by atoms with E-state index in [4.69, 9.17) is 0 Å². The smallest absolute Gasteiger partial charge is 0.292 e. The summed E-state index contributed by atoms with van der Waals surface area (Å²) in [5.74, 6) is 1.87. The van der Waals surface area contributed by atoms with Gasteiger partial charge in [0.1, 0.15) is 5.69 Å². The second-order valence-electron chi connectivity index (χ2n) is 6.35. The second kappa shape index (κ2) is 6.25. The van der Waals surface area contributed by atoms with E-state index in [-0.39, 0.29) is 10.6 Å². The van der Waals surface area contributed by atoms with Crippen molar-refractivity contribution in [2.24, 2.45) is 17.8 Å². The monoisotopic (exact) mass is 276 g/mol. The van der Waals surface area contributed by atoms with Crippen LogP contribution in [0.3, 0.4) is 0 Å². The zero-order valence-electron chi connectivity index (χ0n) is 12.5. The molecule has 0 radical (unpaired) electrons. The Kier molecular flexibility index (Phi) is 4.63. The van der Waals surface area contributed by atoms with E-state index in [1.54, 1.807) is 12.1 Å². The van der Waals surface area contributed by atoms with Crippen LogP contribution in [0.15, 0.2) is 24.3 Å². The molecule has 0 saturated heterocycles. The van der Waals surface area contributed by atoms with Gasteiger partial charge < -0.3 is 5.32 Å². The summed E-state index contributed by atoms with van der Waals surface area (Å²) in [7, 11) is 0. The first-order chi connectivity index (χ1) is 9.49. The van der Waals surface area contributed by atoms with Crippen molar-refractivity contribution in [1.29, 1.82) is 0 Å². The molecular formula is C16H24N2O2. The summed E-state index contributed by atoms with van der Waals surface area (Å²) in [6.07, 6.45) is 3.56. The van der Waals surface area contributed by atoms with Gasteiger partial charge in [0.2, 0.25) is 0 Å². The number of anilines is 1. The minimum atomic E-state index is -0.307. The molecule has 0 aliphatic heterocycles. The molecule has 1 saturated carbocycles. The van der Waals surface area contributed by atoms with Gasteiger partial charge in [-0.05, 0) is 36.7 Å². The van der Waals surface area contributed by atoms with E-state index >= 15 is 0 Å². The molecule has 3 unspecified atom stereocenters. The van der Waals surface area contributed by atoms with E-state index in [1.165, 1.54) is 12.8 Å². The SMILES string of the molecule is CC1CCC(C(C)C)C(Nc2ccccc2[N+](=O)[O-])C1. The number of nitrogens with one attached hydrogen (secondary N) is 1. The first kappa shape index (κ1) is 14.8. The van der Waals surface area contributed by atoms with Crippen molar-refractivity contribution in [2.45, 2.75) is 46.1 Å². The van der Waals surface area contributed by atoms with Crippen molar-refractivity contribution in [3.05, 3.63) is 34.4 Å². The molecule has 1 N–H and O–H groups in total. The topological polar surface area (TPSA) is 55.2 Å². The van der Waals surface area contributed by atoms with Crippen LogP contribution in [0.2, 0.25) is 0 Å². The van der Waals surface area contributed by atoms with Crippen LogP contribution >= 0.6 is 0 Å². The molecule has 1 aliphatic carbocycles. The lowest BCUT2D eigenvalue weighted by Gasteiger charge is -2.38. The standard InChI is InChI=1S/C16H24N2O2/c1-11(2)13-9-8-12(3)10-15(13)17-14-6-4-5-7-16(14)18(19)20/h4-7,11-13,15,17H,8-10H2,1-3H3. The van der Waals surface area contributed by atoms with Gasteiger partial charge in [-0.1, -0.05) is 39.3 Å². The number of benzene rings is 1. The molecule has 0 bridgehead atoms. The highest BCUT2D eigenvalue weighted by Crippen LogP contribution is 2.36. The molecule has 4 nitrogen and oxygen atoms in total. The van der Waals surface area contributed by atoms with Crippen LogP contribution in [0.25, 0.3) is 0 Å². The van der Waals surface area contributed by atoms with E-state index in [0.29, 0.717) is 29.5 Å². The van der Waals surface area contributed by atoms with Gasteiger partial charge in [-0.3, -0.25) is 10.1 Å². The average molecular weight is 276 g/mol. The second-order valence-corrected chi connectivity index (χ2v) is 6.35. The van der Waals surface area contributed by atoms with Crippen molar-refractivity contribution in [2.75, 3.05) is 5.32 Å². The summed E-state index contributed by atoms with van der Waals surface area (Å²) in [6, 6.07) is 7.28. The summed E-state index contributed by atoms with van der Waals surface area (Å²) < 4.78 is 0. The number of nitro benzene ring substituents is 1. The number of rotatable bonds is 4. The lowest BCUT2D eigenvalue weighted by Crippen LogP contribution is -2.37.